The fourth-order valence-electron chi connectivity index (χ4n) is 3.48. The number of benzene rings is 2. The molecule has 3 aromatic rings. The van der Waals surface area contributed by atoms with Gasteiger partial charge in [0.2, 0.25) is 5.91 Å². The number of hydrogen-bond donors (Lipinski definition) is 2. The Morgan fingerprint density at radius 2 is 1.86 bits per heavy atom. The highest BCUT2D eigenvalue weighted by atomic mass is 32.2. The third-order valence-electron chi connectivity index (χ3n) is 4.96. The predicted octanol–water partition coefficient (Wildman–Crippen LogP) is 5.09. The Kier molecular flexibility index (Phi) is 6.46. The number of fused-ring (bicyclic) bond motifs is 1. The molecule has 1 fully saturated rings. The van der Waals surface area contributed by atoms with E-state index in [0.29, 0.717) is 17.4 Å². The van der Waals surface area contributed by atoms with Crippen molar-refractivity contribution < 1.29 is 9.59 Å². The Labute approximate surface area is 178 Å². The Morgan fingerprint density at radius 3 is 2.66 bits per heavy atom. The maximum absolute atomic E-state index is 12.3. The topological polar surface area (TPSA) is 71.1 Å². The van der Waals surface area contributed by atoms with Crippen LogP contribution >= 0.6 is 23.1 Å². The molecule has 1 aromatic heterocycles. The van der Waals surface area contributed by atoms with Crippen LogP contribution in [0.1, 0.15) is 42.5 Å². The molecule has 2 N–H and O–H groups in total. The van der Waals surface area contributed by atoms with E-state index in [1.807, 2.05) is 36.4 Å². The summed E-state index contributed by atoms with van der Waals surface area (Å²) in [7, 11) is 0. The number of rotatable bonds is 6. The molecule has 0 unspecified atom stereocenters. The van der Waals surface area contributed by atoms with Crippen LogP contribution in [0, 0.1) is 0 Å². The summed E-state index contributed by atoms with van der Waals surface area (Å²) < 4.78 is 1.86. The molecule has 4 rings (SSSR count). The average Bonchev–Trinajstić information content (AvgIpc) is 3.16. The monoisotopic (exact) mass is 425 g/mol. The lowest BCUT2D eigenvalue weighted by molar-refractivity contribution is -0.119. The Morgan fingerprint density at radius 1 is 1.07 bits per heavy atom. The van der Waals surface area contributed by atoms with Crippen LogP contribution in [0.15, 0.2) is 52.9 Å². The van der Waals surface area contributed by atoms with Crippen LogP contribution in [0.2, 0.25) is 0 Å². The van der Waals surface area contributed by atoms with E-state index in [0.717, 1.165) is 33.1 Å². The first-order valence-corrected chi connectivity index (χ1v) is 11.7. The van der Waals surface area contributed by atoms with Crippen LogP contribution in [0.3, 0.4) is 0 Å². The molecule has 0 saturated heterocycles. The van der Waals surface area contributed by atoms with Crippen molar-refractivity contribution in [3.63, 3.8) is 0 Å². The van der Waals surface area contributed by atoms with Crippen LogP contribution < -0.4 is 10.6 Å². The van der Waals surface area contributed by atoms with Gasteiger partial charge < -0.3 is 10.6 Å². The third-order valence-corrected chi connectivity index (χ3v) is 7.12. The fraction of sp³-hybridized carbons (Fsp3) is 0.318. The first kappa shape index (κ1) is 19.9. The number of thioether (sulfide) groups is 1. The zero-order valence-corrected chi connectivity index (χ0v) is 17.7. The van der Waals surface area contributed by atoms with Crippen molar-refractivity contribution in [3.8, 4) is 0 Å². The first-order valence-electron chi connectivity index (χ1n) is 9.86. The van der Waals surface area contributed by atoms with E-state index in [1.165, 1.54) is 31.0 Å². The minimum absolute atomic E-state index is 0.0805. The molecule has 1 saturated carbocycles. The van der Waals surface area contributed by atoms with Gasteiger partial charge in [-0.2, -0.15) is 0 Å². The third kappa shape index (κ3) is 5.36. The summed E-state index contributed by atoms with van der Waals surface area (Å²) >= 11 is 3.01. The number of amides is 2. The highest BCUT2D eigenvalue weighted by Gasteiger charge is 2.16. The molecular formula is C22H23N3O2S2. The van der Waals surface area contributed by atoms with E-state index in [-0.39, 0.29) is 11.8 Å². The molecule has 5 nitrogen and oxygen atoms in total. The van der Waals surface area contributed by atoms with E-state index < -0.39 is 0 Å². The van der Waals surface area contributed by atoms with E-state index in [1.54, 1.807) is 23.5 Å². The molecule has 0 aliphatic heterocycles. The van der Waals surface area contributed by atoms with Crippen LogP contribution in [0.25, 0.3) is 10.2 Å². The van der Waals surface area contributed by atoms with Gasteiger partial charge in [-0.1, -0.05) is 49.2 Å². The van der Waals surface area contributed by atoms with Gasteiger partial charge in [0.05, 0.1) is 16.0 Å². The zero-order valence-electron chi connectivity index (χ0n) is 16.0. The highest BCUT2D eigenvalue weighted by molar-refractivity contribution is 8.01. The number of thiazole rings is 1. The molecule has 29 heavy (non-hydrogen) atoms. The van der Waals surface area contributed by atoms with Gasteiger partial charge in [-0.05, 0) is 43.2 Å². The van der Waals surface area contributed by atoms with Crippen molar-refractivity contribution in [2.45, 2.75) is 42.5 Å². The summed E-state index contributed by atoms with van der Waals surface area (Å²) in [6.07, 6.45) is 5.88. The smallest absolute Gasteiger partial charge is 0.255 e. The Balaban J connectivity index is 1.35. The van der Waals surface area contributed by atoms with Gasteiger partial charge in [0.25, 0.3) is 5.91 Å². The standard InChI is InChI=1S/C22H23N3O2S2/c26-20(23-16-9-5-2-6-10-16)14-28-22-25-18-12-11-17(13-19(18)29-22)24-21(27)15-7-3-1-4-8-15/h1,3-4,7-8,11-13,16H,2,5-6,9-10,14H2,(H,23,26)(H,24,27). The second kappa shape index (κ2) is 9.41. The molecule has 0 bridgehead atoms. The molecule has 0 spiro atoms. The molecule has 2 amide bonds. The summed E-state index contributed by atoms with van der Waals surface area (Å²) in [6, 6.07) is 15.2. The second-order valence-electron chi connectivity index (χ2n) is 7.17. The van der Waals surface area contributed by atoms with Gasteiger partial charge in [0.1, 0.15) is 0 Å². The first-order chi connectivity index (χ1) is 14.2. The summed E-state index contributed by atoms with van der Waals surface area (Å²) in [5.41, 5.74) is 2.24. The second-order valence-corrected chi connectivity index (χ2v) is 9.43. The molecule has 150 valence electrons. The fourth-order valence-corrected chi connectivity index (χ4v) is 5.40. The summed E-state index contributed by atoms with van der Waals surface area (Å²) in [6.45, 7) is 0. The van der Waals surface area contributed by atoms with Crippen molar-refractivity contribution in [3.05, 3.63) is 54.1 Å². The number of nitrogens with one attached hydrogen (secondary N) is 2. The van der Waals surface area contributed by atoms with Crippen LogP contribution in [-0.2, 0) is 4.79 Å². The number of aromatic nitrogens is 1. The minimum atomic E-state index is -0.136. The zero-order chi connectivity index (χ0) is 20.1. The SMILES string of the molecule is O=C(CSc1nc2ccc(NC(=O)c3ccccc3)cc2s1)NC1CCCCC1. The van der Waals surface area contributed by atoms with Crippen molar-refractivity contribution in [2.75, 3.05) is 11.1 Å². The molecule has 1 aliphatic carbocycles. The van der Waals surface area contributed by atoms with Gasteiger partial charge in [-0.25, -0.2) is 4.98 Å². The largest absolute Gasteiger partial charge is 0.353 e. The Hall–Kier alpha value is -2.38. The lowest BCUT2D eigenvalue weighted by Crippen LogP contribution is -2.37. The molecule has 2 aromatic carbocycles. The van der Waals surface area contributed by atoms with E-state index in [9.17, 15) is 9.59 Å². The van der Waals surface area contributed by atoms with Crippen LogP contribution in [-0.4, -0.2) is 28.6 Å². The predicted molar refractivity (Wildman–Crippen MR) is 120 cm³/mol. The average molecular weight is 426 g/mol. The maximum atomic E-state index is 12.3. The highest BCUT2D eigenvalue weighted by Crippen LogP contribution is 2.31. The molecule has 1 heterocycles. The molecule has 0 atom stereocenters. The van der Waals surface area contributed by atoms with E-state index >= 15 is 0 Å². The number of carbonyl (C=O) groups is 2. The van der Waals surface area contributed by atoms with Crippen molar-refractivity contribution >= 4 is 50.8 Å². The van der Waals surface area contributed by atoms with Crippen molar-refractivity contribution in [2.24, 2.45) is 0 Å². The summed E-state index contributed by atoms with van der Waals surface area (Å²) in [4.78, 5) is 29.1. The quantitative estimate of drug-likeness (QED) is 0.540. The summed E-state index contributed by atoms with van der Waals surface area (Å²) in [5.74, 6) is 0.328. The summed E-state index contributed by atoms with van der Waals surface area (Å²) in [5, 5.41) is 6.06. The van der Waals surface area contributed by atoms with Gasteiger partial charge >= 0.3 is 0 Å². The van der Waals surface area contributed by atoms with E-state index in [4.69, 9.17) is 0 Å². The maximum Gasteiger partial charge on any atom is 0.255 e. The van der Waals surface area contributed by atoms with Gasteiger partial charge in [-0.3, -0.25) is 9.59 Å². The lowest BCUT2D eigenvalue weighted by Gasteiger charge is -2.22. The molecule has 1 aliphatic rings. The molecule has 7 heteroatoms. The van der Waals surface area contributed by atoms with Gasteiger partial charge in [0.15, 0.2) is 4.34 Å². The molecular weight excluding hydrogens is 402 g/mol. The normalized spacial score (nSPS) is 14.6. The Bertz CT molecular complexity index is 998. The van der Waals surface area contributed by atoms with Gasteiger partial charge in [0, 0.05) is 17.3 Å². The lowest BCUT2D eigenvalue weighted by atomic mass is 9.95. The van der Waals surface area contributed by atoms with Crippen LogP contribution in [0.5, 0.6) is 0 Å². The number of nitrogens with zero attached hydrogens (tertiary/aromatic N) is 1. The number of anilines is 1. The van der Waals surface area contributed by atoms with E-state index in [2.05, 4.69) is 15.6 Å². The van der Waals surface area contributed by atoms with Crippen molar-refractivity contribution in [1.82, 2.24) is 10.3 Å². The molecule has 0 radical (unpaired) electrons. The van der Waals surface area contributed by atoms with Crippen molar-refractivity contribution in [1.29, 1.82) is 0 Å². The van der Waals surface area contributed by atoms with Crippen LogP contribution in [0.4, 0.5) is 5.69 Å². The number of hydrogen-bond acceptors (Lipinski definition) is 5. The minimum Gasteiger partial charge on any atom is -0.353 e. The number of carbonyl (C=O) groups excluding carboxylic acids is 2. The van der Waals surface area contributed by atoms with Gasteiger partial charge in [-0.15, -0.1) is 11.3 Å².